The summed E-state index contributed by atoms with van der Waals surface area (Å²) < 4.78 is 6.24. The number of carbonyl (C=O) groups is 1. The van der Waals surface area contributed by atoms with Crippen LogP contribution in [0.1, 0.15) is 76.8 Å². The van der Waals surface area contributed by atoms with Gasteiger partial charge in [0.05, 0.1) is 5.69 Å². The number of aryl methyl sites for hydroxylation is 2. The van der Waals surface area contributed by atoms with Crippen LogP contribution in [-0.2, 0) is 17.6 Å². The lowest BCUT2D eigenvalue weighted by Crippen LogP contribution is -2.32. The quantitative estimate of drug-likeness (QED) is 0.261. The molecule has 1 amide bonds. The first-order chi connectivity index (χ1) is 14.6. The molecule has 0 aliphatic rings. The number of unbranched alkanes of at least 4 members (excludes halogenated alkanes) is 4. The van der Waals surface area contributed by atoms with Crippen LogP contribution in [0.25, 0.3) is 0 Å². The van der Waals surface area contributed by atoms with E-state index in [1.807, 2.05) is 31.2 Å². The van der Waals surface area contributed by atoms with Gasteiger partial charge >= 0.3 is 0 Å². The summed E-state index contributed by atoms with van der Waals surface area (Å²) in [5.41, 5.74) is 3.30. The van der Waals surface area contributed by atoms with E-state index in [1.54, 1.807) is 0 Å². The van der Waals surface area contributed by atoms with Crippen molar-refractivity contribution in [3.05, 3.63) is 53.6 Å². The van der Waals surface area contributed by atoms with Gasteiger partial charge in [-0.05, 0) is 61.4 Å². The van der Waals surface area contributed by atoms with Gasteiger partial charge in [0, 0.05) is 4.90 Å². The van der Waals surface area contributed by atoms with Crippen molar-refractivity contribution in [2.75, 3.05) is 5.32 Å². The van der Waals surface area contributed by atoms with E-state index in [9.17, 15) is 4.79 Å². The lowest BCUT2D eigenvalue weighted by Gasteiger charge is -2.20. The third-order valence-corrected chi connectivity index (χ3v) is 5.73. The third kappa shape index (κ3) is 7.71. The predicted octanol–water partition coefficient (Wildman–Crippen LogP) is 7.24. The Morgan fingerprint density at radius 3 is 2.33 bits per heavy atom. The number of nitrogens with one attached hydrogen (secondary N) is 1. The maximum absolute atomic E-state index is 12.8. The molecule has 1 N–H and O–H groups in total. The van der Waals surface area contributed by atoms with Crippen LogP contribution < -0.4 is 10.1 Å². The fourth-order valence-corrected chi connectivity index (χ4v) is 3.73. The molecule has 0 radical (unpaired) electrons. The molecule has 0 spiro atoms. The van der Waals surface area contributed by atoms with Crippen LogP contribution in [0.4, 0.5) is 5.69 Å². The highest BCUT2D eigenvalue weighted by atomic mass is 32.1. The predicted molar refractivity (Wildman–Crippen MR) is 130 cm³/mol. The molecular weight excluding hydrogens is 390 g/mol. The van der Waals surface area contributed by atoms with Crippen molar-refractivity contribution in [1.82, 2.24) is 0 Å². The number of ether oxygens (including phenoxy) is 1. The Morgan fingerprint density at radius 1 is 0.967 bits per heavy atom. The molecule has 0 fully saturated rings. The van der Waals surface area contributed by atoms with E-state index in [4.69, 9.17) is 4.74 Å². The highest BCUT2D eigenvalue weighted by Gasteiger charge is 2.20. The Bertz CT molecular complexity index is 790. The van der Waals surface area contributed by atoms with Crippen LogP contribution in [0, 0.1) is 0 Å². The lowest BCUT2D eigenvalue weighted by atomic mass is 10.00. The zero-order valence-electron chi connectivity index (χ0n) is 18.7. The molecular formula is C26H37NO2S. The Labute approximate surface area is 188 Å². The number of carbonyl (C=O) groups excluding carboxylic acids is 1. The van der Waals surface area contributed by atoms with Crippen molar-refractivity contribution in [3.8, 4) is 5.75 Å². The van der Waals surface area contributed by atoms with Crippen LogP contribution in [0.15, 0.2) is 47.4 Å². The Balaban J connectivity index is 2.13. The molecule has 1 unspecified atom stereocenters. The number of thiol groups is 1. The maximum Gasteiger partial charge on any atom is 0.265 e. The molecule has 0 aromatic heterocycles. The van der Waals surface area contributed by atoms with Crippen molar-refractivity contribution in [1.29, 1.82) is 0 Å². The van der Waals surface area contributed by atoms with Gasteiger partial charge in [0.1, 0.15) is 5.75 Å². The van der Waals surface area contributed by atoms with Gasteiger partial charge in [0.25, 0.3) is 5.91 Å². The number of anilines is 1. The number of rotatable bonds is 13. The summed E-state index contributed by atoms with van der Waals surface area (Å²) in [6.07, 6.45) is 9.40. The largest absolute Gasteiger partial charge is 0.480 e. The Morgan fingerprint density at radius 2 is 1.67 bits per heavy atom. The van der Waals surface area contributed by atoms with E-state index in [1.165, 1.54) is 43.2 Å². The molecule has 3 nitrogen and oxygen atoms in total. The summed E-state index contributed by atoms with van der Waals surface area (Å²) in [5, 5.41) is 2.96. The second-order valence-electron chi connectivity index (χ2n) is 7.88. The van der Waals surface area contributed by atoms with Crippen molar-refractivity contribution < 1.29 is 9.53 Å². The minimum Gasteiger partial charge on any atom is -0.480 e. The second kappa shape index (κ2) is 13.4. The number of hydrogen-bond acceptors (Lipinski definition) is 3. The van der Waals surface area contributed by atoms with Gasteiger partial charge in [-0.3, -0.25) is 4.79 Å². The van der Waals surface area contributed by atoms with Crippen LogP contribution in [0.5, 0.6) is 5.75 Å². The fraction of sp³-hybridized carbons (Fsp3) is 0.500. The van der Waals surface area contributed by atoms with E-state index >= 15 is 0 Å². The molecule has 1 atom stereocenters. The minimum absolute atomic E-state index is 0.134. The molecule has 0 aliphatic carbocycles. The Hall–Kier alpha value is -1.94. The van der Waals surface area contributed by atoms with Crippen molar-refractivity contribution in [2.45, 2.75) is 89.6 Å². The van der Waals surface area contributed by atoms with E-state index in [2.05, 4.69) is 50.0 Å². The number of amides is 1. The molecule has 2 aromatic rings. The summed E-state index contributed by atoms with van der Waals surface area (Å²) in [4.78, 5) is 13.6. The molecule has 0 saturated heterocycles. The summed E-state index contributed by atoms with van der Waals surface area (Å²) in [7, 11) is 0. The molecule has 4 heteroatoms. The van der Waals surface area contributed by atoms with Crippen molar-refractivity contribution in [3.63, 3.8) is 0 Å². The zero-order chi connectivity index (χ0) is 21.8. The summed E-state index contributed by atoms with van der Waals surface area (Å²) in [5.74, 6) is 0.706. The van der Waals surface area contributed by atoms with Gasteiger partial charge in [-0.15, -0.1) is 12.6 Å². The van der Waals surface area contributed by atoms with Gasteiger partial charge in [0.15, 0.2) is 6.10 Å². The van der Waals surface area contributed by atoms with E-state index in [0.29, 0.717) is 12.1 Å². The monoisotopic (exact) mass is 427 g/mol. The first kappa shape index (κ1) is 24.3. The molecule has 2 aromatic carbocycles. The number of hydrogen-bond donors (Lipinski definition) is 2. The van der Waals surface area contributed by atoms with Crippen LogP contribution in [0.3, 0.4) is 0 Å². The Kier molecular flexibility index (Phi) is 10.9. The smallest absolute Gasteiger partial charge is 0.265 e. The first-order valence-electron chi connectivity index (χ1n) is 11.5. The normalized spacial score (nSPS) is 11.9. The first-order valence-corrected chi connectivity index (χ1v) is 11.9. The number of benzene rings is 2. The van der Waals surface area contributed by atoms with E-state index in [-0.39, 0.29) is 5.91 Å². The zero-order valence-corrected chi connectivity index (χ0v) is 19.6. The topological polar surface area (TPSA) is 38.3 Å². The van der Waals surface area contributed by atoms with Gasteiger partial charge < -0.3 is 10.1 Å². The highest BCUT2D eigenvalue weighted by Crippen LogP contribution is 2.26. The summed E-state index contributed by atoms with van der Waals surface area (Å²) in [6.45, 7) is 6.43. The van der Waals surface area contributed by atoms with Crippen LogP contribution in [0.2, 0.25) is 0 Å². The van der Waals surface area contributed by atoms with Crippen LogP contribution in [-0.4, -0.2) is 12.0 Å². The molecule has 164 valence electrons. The molecule has 0 heterocycles. The average molecular weight is 428 g/mol. The van der Waals surface area contributed by atoms with Crippen LogP contribution >= 0.6 is 12.6 Å². The molecule has 2 rings (SSSR count). The fourth-order valence-electron chi connectivity index (χ4n) is 3.51. The van der Waals surface area contributed by atoms with E-state index < -0.39 is 6.10 Å². The molecule has 0 aliphatic heterocycles. The van der Waals surface area contributed by atoms with Crippen molar-refractivity contribution >= 4 is 24.2 Å². The minimum atomic E-state index is -0.534. The average Bonchev–Trinajstić information content (AvgIpc) is 2.75. The highest BCUT2D eigenvalue weighted by molar-refractivity contribution is 7.80. The molecule has 30 heavy (non-hydrogen) atoms. The van der Waals surface area contributed by atoms with Gasteiger partial charge in [-0.2, -0.15) is 0 Å². The van der Waals surface area contributed by atoms with E-state index in [0.717, 1.165) is 29.9 Å². The van der Waals surface area contributed by atoms with Gasteiger partial charge in [-0.1, -0.05) is 70.7 Å². The van der Waals surface area contributed by atoms with Gasteiger partial charge in [-0.25, -0.2) is 0 Å². The van der Waals surface area contributed by atoms with Gasteiger partial charge in [0.2, 0.25) is 0 Å². The summed E-state index contributed by atoms with van der Waals surface area (Å²) in [6, 6.07) is 14.0. The van der Waals surface area contributed by atoms with Crippen molar-refractivity contribution in [2.24, 2.45) is 0 Å². The molecule has 0 bridgehead atoms. The third-order valence-electron chi connectivity index (χ3n) is 5.34. The summed E-state index contributed by atoms with van der Waals surface area (Å²) >= 11 is 4.42. The second-order valence-corrected chi connectivity index (χ2v) is 8.36. The molecule has 0 saturated carbocycles. The lowest BCUT2D eigenvalue weighted by molar-refractivity contribution is -0.122. The number of para-hydroxylation sites is 1. The standard InChI is InChI=1S/C26H37NO2S/c1-4-7-9-13-20-17-18-24(21(19-20)14-10-8-5-2)29-23(6-3)26(28)27-22-15-11-12-16-25(22)30/h11-12,15-19,23,30H,4-10,13-14H2,1-3H3,(H,27,28). The SMILES string of the molecule is CCCCCc1ccc(OC(CC)C(=O)Nc2ccccc2S)c(CCCCC)c1. The maximum atomic E-state index is 12.8.